The Balaban J connectivity index is 2.78. The van der Waals surface area contributed by atoms with E-state index < -0.39 is 5.38 Å². The first-order valence-corrected chi connectivity index (χ1v) is 5.75. The zero-order valence-corrected chi connectivity index (χ0v) is 10.9. The van der Waals surface area contributed by atoms with Crippen LogP contribution in [0.3, 0.4) is 0 Å². The minimum Gasteiger partial charge on any atom is -0.350 e. The van der Waals surface area contributed by atoms with Gasteiger partial charge in [0.1, 0.15) is 0 Å². The molecule has 1 heterocycles. The topological polar surface area (TPSA) is 46.9 Å². The number of carbonyl (C=O) groups is 1. The first kappa shape index (κ1) is 13.0. The predicted octanol–water partition coefficient (Wildman–Crippen LogP) is 2.10. The summed E-state index contributed by atoms with van der Waals surface area (Å²) >= 11 is 6.12. The lowest BCUT2D eigenvalue weighted by Gasteiger charge is -2.22. The summed E-state index contributed by atoms with van der Waals surface area (Å²) in [6.45, 7) is 8.50. The minimum absolute atomic E-state index is 0.190. The predicted molar refractivity (Wildman–Crippen MR) is 64.4 cm³/mol. The van der Waals surface area contributed by atoms with Gasteiger partial charge in [0.25, 0.3) is 0 Å². The van der Waals surface area contributed by atoms with Crippen molar-refractivity contribution in [2.45, 2.75) is 45.2 Å². The van der Waals surface area contributed by atoms with Gasteiger partial charge < -0.3 is 9.88 Å². The van der Waals surface area contributed by atoms with Crippen molar-refractivity contribution < 1.29 is 4.79 Å². The van der Waals surface area contributed by atoms with Crippen LogP contribution in [0.5, 0.6) is 0 Å². The molecule has 1 amide bonds. The van der Waals surface area contributed by atoms with Crippen molar-refractivity contribution >= 4 is 17.5 Å². The molecule has 0 spiro atoms. The van der Waals surface area contributed by atoms with Crippen LogP contribution in [0.4, 0.5) is 0 Å². The van der Waals surface area contributed by atoms with Crippen molar-refractivity contribution in [3.63, 3.8) is 0 Å². The second-order valence-electron chi connectivity index (χ2n) is 4.71. The van der Waals surface area contributed by atoms with E-state index in [-0.39, 0.29) is 11.4 Å². The molecule has 1 aromatic heterocycles. The number of nitrogens with zero attached hydrogens (tertiary/aromatic N) is 2. The molecule has 0 saturated heterocycles. The van der Waals surface area contributed by atoms with Crippen LogP contribution in [0.25, 0.3) is 0 Å². The van der Waals surface area contributed by atoms with Gasteiger partial charge in [-0.25, -0.2) is 4.98 Å². The number of hydrogen-bond donors (Lipinski definition) is 1. The van der Waals surface area contributed by atoms with Crippen molar-refractivity contribution in [2.75, 3.05) is 0 Å². The van der Waals surface area contributed by atoms with Crippen LogP contribution in [0.1, 0.15) is 38.8 Å². The van der Waals surface area contributed by atoms with Gasteiger partial charge in [-0.05, 0) is 27.7 Å². The Morgan fingerprint density at radius 2 is 2.25 bits per heavy atom. The lowest BCUT2D eigenvalue weighted by molar-refractivity contribution is -0.122. The maximum Gasteiger partial charge on any atom is 0.244 e. The third-order valence-electron chi connectivity index (χ3n) is 2.07. The Kier molecular flexibility index (Phi) is 3.97. The number of aryl methyl sites for hydroxylation is 1. The molecule has 1 unspecified atom stereocenters. The molecule has 90 valence electrons. The zero-order valence-electron chi connectivity index (χ0n) is 10.1. The number of halogens is 1. The molecule has 0 saturated carbocycles. The fourth-order valence-electron chi connectivity index (χ4n) is 1.37. The van der Waals surface area contributed by atoms with Crippen LogP contribution in [-0.4, -0.2) is 21.0 Å². The van der Waals surface area contributed by atoms with Gasteiger partial charge in [0.2, 0.25) is 5.91 Å². The van der Waals surface area contributed by atoms with E-state index in [1.165, 1.54) is 0 Å². The Bertz CT molecular complexity index is 368. The molecule has 16 heavy (non-hydrogen) atoms. The standard InChI is InChI=1S/C11H18ClN3O/c1-5-15-7-13-6-8(15)9(12)10(16)14-11(2,3)4/h6-7,9H,5H2,1-4H3,(H,14,16). The van der Waals surface area contributed by atoms with Crippen LogP contribution in [0.2, 0.25) is 0 Å². The smallest absolute Gasteiger partial charge is 0.244 e. The van der Waals surface area contributed by atoms with Crippen LogP contribution < -0.4 is 5.32 Å². The molecular weight excluding hydrogens is 226 g/mol. The highest BCUT2D eigenvalue weighted by Gasteiger charge is 2.24. The molecule has 0 aliphatic rings. The van der Waals surface area contributed by atoms with Gasteiger partial charge in [-0.1, -0.05) is 0 Å². The largest absolute Gasteiger partial charge is 0.350 e. The number of aromatic nitrogens is 2. The first-order valence-electron chi connectivity index (χ1n) is 5.31. The van der Waals surface area contributed by atoms with Gasteiger partial charge in [-0.15, -0.1) is 11.6 Å². The van der Waals surface area contributed by atoms with Gasteiger partial charge in [0, 0.05) is 12.1 Å². The number of amides is 1. The summed E-state index contributed by atoms with van der Waals surface area (Å²) in [5.74, 6) is -0.190. The summed E-state index contributed by atoms with van der Waals surface area (Å²) in [6, 6.07) is 0. The lowest BCUT2D eigenvalue weighted by atomic mass is 10.1. The Labute approximate surface area is 101 Å². The average molecular weight is 244 g/mol. The summed E-state index contributed by atoms with van der Waals surface area (Å²) in [5, 5.41) is 2.15. The summed E-state index contributed by atoms with van der Waals surface area (Å²) in [6.07, 6.45) is 3.30. The van der Waals surface area contributed by atoms with Gasteiger partial charge in [-0.3, -0.25) is 4.79 Å². The van der Waals surface area contributed by atoms with Crippen molar-refractivity contribution in [3.05, 3.63) is 18.2 Å². The number of nitrogens with one attached hydrogen (secondary N) is 1. The normalized spacial score (nSPS) is 13.6. The summed E-state index contributed by atoms with van der Waals surface area (Å²) in [7, 11) is 0. The van der Waals surface area contributed by atoms with E-state index in [2.05, 4.69) is 10.3 Å². The molecule has 0 bridgehead atoms. The molecule has 1 N–H and O–H groups in total. The average Bonchev–Trinajstić information content (AvgIpc) is 2.61. The SMILES string of the molecule is CCn1cncc1C(Cl)C(=O)NC(C)(C)C. The maximum absolute atomic E-state index is 11.8. The fraction of sp³-hybridized carbons (Fsp3) is 0.636. The van der Waals surface area contributed by atoms with Crippen LogP contribution in [0, 0.1) is 0 Å². The third-order valence-corrected chi connectivity index (χ3v) is 2.50. The maximum atomic E-state index is 11.8. The Morgan fingerprint density at radius 1 is 1.62 bits per heavy atom. The van der Waals surface area contributed by atoms with Crippen molar-refractivity contribution in [1.29, 1.82) is 0 Å². The molecule has 1 rings (SSSR count). The molecule has 0 aromatic carbocycles. The number of alkyl halides is 1. The van der Waals surface area contributed by atoms with E-state index in [9.17, 15) is 4.79 Å². The monoisotopic (exact) mass is 243 g/mol. The molecule has 0 aliphatic heterocycles. The second-order valence-corrected chi connectivity index (χ2v) is 5.14. The van der Waals surface area contributed by atoms with E-state index in [1.807, 2.05) is 32.3 Å². The van der Waals surface area contributed by atoms with E-state index in [4.69, 9.17) is 11.6 Å². The quantitative estimate of drug-likeness (QED) is 0.827. The molecule has 1 aromatic rings. The van der Waals surface area contributed by atoms with Gasteiger partial charge >= 0.3 is 0 Å². The highest BCUT2D eigenvalue weighted by molar-refractivity contribution is 6.30. The van der Waals surface area contributed by atoms with E-state index in [1.54, 1.807) is 12.5 Å². The summed E-state index contributed by atoms with van der Waals surface area (Å²) < 4.78 is 1.86. The molecule has 4 nitrogen and oxygen atoms in total. The third kappa shape index (κ3) is 3.23. The van der Waals surface area contributed by atoms with Gasteiger partial charge in [0.05, 0.1) is 18.2 Å². The molecule has 5 heteroatoms. The molecule has 0 radical (unpaired) electrons. The molecule has 1 atom stereocenters. The fourth-order valence-corrected chi connectivity index (χ4v) is 1.61. The molecule has 0 aliphatic carbocycles. The van der Waals surface area contributed by atoms with Crippen molar-refractivity contribution in [1.82, 2.24) is 14.9 Å². The molecular formula is C11H18ClN3O. The van der Waals surface area contributed by atoms with E-state index >= 15 is 0 Å². The van der Waals surface area contributed by atoms with Crippen LogP contribution >= 0.6 is 11.6 Å². The zero-order chi connectivity index (χ0) is 12.3. The van der Waals surface area contributed by atoms with Crippen molar-refractivity contribution in [2.24, 2.45) is 0 Å². The lowest BCUT2D eigenvalue weighted by Crippen LogP contribution is -2.42. The summed E-state index contributed by atoms with van der Waals surface area (Å²) in [5.41, 5.74) is 0.451. The van der Waals surface area contributed by atoms with Crippen LogP contribution in [0.15, 0.2) is 12.5 Å². The minimum atomic E-state index is -0.693. The highest BCUT2D eigenvalue weighted by Crippen LogP contribution is 2.21. The Morgan fingerprint density at radius 3 is 2.75 bits per heavy atom. The number of hydrogen-bond acceptors (Lipinski definition) is 2. The first-order chi connectivity index (χ1) is 7.35. The van der Waals surface area contributed by atoms with Gasteiger partial charge in [0.15, 0.2) is 5.38 Å². The van der Waals surface area contributed by atoms with E-state index in [0.717, 1.165) is 12.2 Å². The summed E-state index contributed by atoms with van der Waals surface area (Å²) in [4.78, 5) is 15.8. The Hall–Kier alpha value is -1.03. The highest BCUT2D eigenvalue weighted by atomic mass is 35.5. The van der Waals surface area contributed by atoms with E-state index in [0.29, 0.717) is 0 Å². The number of carbonyl (C=O) groups excluding carboxylic acids is 1. The van der Waals surface area contributed by atoms with Crippen molar-refractivity contribution in [3.8, 4) is 0 Å². The second kappa shape index (κ2) is 4.87. The number of rotatable bonds is 3. The molecule has 0 fully saturated rings. The van der Waals surface area contributed by atoms with Gasteiger partial charge in [-0.2, -0.15) is 0 Å². The number of imidazole rings is 1. The van der Waals surface area contributed by atoms with Crippen LogP contribution in [-0.2, 0) is 11.3 Å².